The Labute approximate surface area is 121 Å². The van der Waals surface area contributed by atoms with Gasteiger partial charge in [0.25, 0.3) is 5.91 Å². The van der Waals surface area contributed by atoms with E-state index in [9.17, 15) is 14.0 Å². The van der Waals surface area contributed by atoms with Gasteiger partial charge in [-0.2, -0.15) is 0 Å². The van der Waals surface area contributed by atoms with Gasteiger partial charge >= 0.3 is 5.97 Å². The summed E-state index contributed by atoms with van der Waals surface area (Å²) in [7, 11) is 0. The van der Waals surface area contributed by atoms with E-state index in [2.05, 4.69) is 26.2 Å². The Morgan fingerprint density at radius 3 is 2.65 bits per heavy atom. The molecule has 0 unspecified atom stereocenters. The zero-order valence-electron chi connectivity index (χ0n) is 9.93. The van der Waals surface area contributed by atoms with E-state index in [1.54, 1.807) is 0 Å². The lowest BCUT2D eigenvalue weighted by Crippen LogP contribution is -2.15. The minimum Gasteiger partial charge on any atom is -0.478 e. The Morgan fingerprint density at radius 2 is 2.00 bits per heavy atom. The molecular formula is C13H8BrFN2O3. The Kier molecular flexibility index (Phi) is 4.09. The average Bonchev–Trinajstić information content (AvgIpc) is 2.38. The number of carbonyl (C=O) groups is 2. The van der Waals surface area contributed by atoms with E-state index in [1.807, 2.05) is 0 Å². The van der Waals surface area contributed by atoms with Crippen molar-refractivity contribution in [3.63, 3.8) is 0 Å². The highest BCUT2D eigenvalue weighted by atomic mass is 79.9. The van der Waals surface area contributed by atoms with Crippen LogP contribution in [0.25, 0.3) is 0 Å². The topological polar surface area (TPSA) is 79.3 Å². The molecule has 5 nitrogen and oxygen atoms in total. The number of halogens is 2. The number of aromatic nitrogens is 1. The highest BCUT2D eigenvalue weighted by molar-refractivity contribution is 9.10. The molecule has 0 spiro atoms. The van der Waals surface area contributed by atoms with Gasteiger partial charge in [-0.3, -0.25) is 4.79 Å². The van der Waals surface area contributed by atoms with Gasteiger partial charge < -0.3 is 10.4 Å². The largest absolute Gasteiger partial charge is 0.478 e. The number of rotatable bonds is 3. The van der Waals surface area contributed by atoms with Crippen molar-refractivity contribution in [2.24, 2.45) is 0 Å². The summed E-state index contributed by atoms with van der Waals surface area (Å²) in [4.78, 5) is 26.5. The number of hydrogen-bond donors (Lipinski definition) is 2. The Morgan fingerprint density at radius 1 is 1.25 bits per heavy atom. The number of nitrogens with zero attached hydrogens (tertiary/aromatic N) is 1. The van der Waals surface area contributed by atoms with Crippen LogP contribution in [0.5, 0.6) is 0 Å². The van der Waals surface area contributed by atoms with E-state index >= 15 is 0 Å². The number of carboxylic acid groups (broad SMARTS) is 1. The van der Waals surface area contributed by atoms with Gasteiger partial charge in [0.2, 0.25) is 0 Å². The normalized spacial score (nSPS) is 10.1. The van der Waals surface area contributed by atoms with Crippen LogP contribution < -0.4 is 5.32 Å². The van der Waals surface area contributed by atoms with Gasteiger partial charge in [-0.05, 0) is 30.3 Å². The number of nitrogens with one attached hydrogen (secondary N) is 1. The molecule has 0 aliphatic carbocycles. The van der Waals surface area contributed by atoms with Crippen molar-refractivity contribution in [2.45, 2.75) is 0 Å². The molecule has 2 rings (SSSR count). The van der Waals surface area contributed by atoms with Crippen molar-refractivity contribution in [3.8, 4) is 0 Å². The number of aromatic carboxylic acids is 1. The van der Waals surface area contributed by atoms with Gasteiger partial charge in [-0.1, -0.05) is 15.9 Å². The molecule has 1 aromatic carbocycles. The molecule has 7 heteroatoms. The van der Waals surface area contributed by atoms with Crippen LogP contribution in [0.1, 0.15) is 20.7 Å². The number of carbonyl (C=O) groups excluding carboxylic acids is 1. The van der Waals surface area contributed by atoms with Gasteiger partial charge in [0.05, 0.1) is 11.1 Å². The molecule has 0 saturated carbocycles. The number of pyridine rings is 1. The van der Waals surface area contributed by atoms with Crippen molar-refractivity contribution in [1.82, 2.24) is 4.98 Å². The monoisotopic (exact) mass is 338 g/mol. The third kappa shape index (κ3) is 3.18. The summed E-state index contributed by atoms with van der Waals surface area (Å²) in [5.74, 6) is -2.49. The smallest absolute Gasteiger partial charge is 0.335 e. The van der Waals surface area contributed by atoms with Gasteiger partial charge in [-0.15, -0.1) is 0 Å². The fourth-order valence-corrected chi connectivity index (χ4v) is 1.82. The van der Waals surface area contributed by atoms with Crippen LogP contribution in [0, 0.1) is 5.82 Å². The maximum absolute atomic E-state index is 13.6. The second kappa shape index (κ2) is 5.79. The Bertz CT molecular complexity index is 691. The van der Waals surface area contributed by atoms with E-state index in [-0.39, 0.29) is 16.9 Å². The Balaban J connectivity index is 2.23. The molecule has 0 saturated heterocycles. The molecule has 1 heterocycles. The highest BCUT2D eigenvalue weighted by Gasteiger charge is 2.13. The summed E-state index contributed by atoms with van der Waals surface area (Å²) in [5, 5.41) is 11.2. The zero-order chi connectivity index (χ0) is 14.7. The van der Waals surface area contributed by atoms with Crippen LogP contribution in [0.2, 0.25) is 0 Å². The third-order valence-electron chi connectivity index (χ3n) is 2.42. The van der Waals surface area contributed by atoms with Crippen LogP contribution in [0.3, 0.4) is 0 Å². The fourth-order valence-electron chi connectivity index (χ4n) is 1.49. The first-order valence-electron chi connectivity index (χ1n) is 5.43. The van der Waals surface area contributed by atoms with E-state index in [1.165, 1.54) is 30.5 Å². The van der Waals surface area contributed by atoms with Crippen molar-refractivity contribution >= 4 is 33.6 Å². The van der Waals surface area contributed by atoms with Crippen LogP contribution in [0.15, 0.2) is 41.0 Å². The summed E-state index contributed by atoms with van der Waals surface area (Å²) < 4.78 is 14.1. The molecule has 0 fully saturated rings. The first-order valence-corrected chi connectivity index (χ1v) is 6.22. The van der Waals surface area contributed by atoms with E-state index in [4.69, 9.17) is 5.11 Å². The molecular weight excluding hydrogens is 331 g/mol. The summed E-state index contributed by atoms with van der Waals surface area (Å²) in [6.45, 7) is 0. The number of hydrogen-bond acceptors (Lipinski definition) is 3. The van der Waals surface area contributed by atoms with Gasteiger partial charge in [0.1, 0.15) is 11.6 Å². The zero-order valence-corrected chi connectivity index (χ0v) is 11.5. The lowest BCUT2D eigenvalue weighted by Gasteiger charge is -2.06. The molecule has 102 valence electrons. The molecule has 0 atom stereocenters. The molecule has 0 aliphatic heterocycles. The standard InChI is InChI=1S/C13H8BrFN2O3/c14-8-1-2-9(10(15)6-8)12(18)17-11-5-7(13(19)20)3-4-16-11/h1-6H,(H,19,20)(H,16,17,18). The number of benzene rings is 1. The first-order chi connectivity index (χ1) is 9.47. The number of carboxylic acids is 1. The SMILES string of the molecule is O=C(O)c1ccnc(NC(=O)c2ccc(Br)cc2F)c1. The molecule has 1 aromatic heterocycles. The molecule has 20 heavy (non-hydrogen) atoms. The van der Waals surface area contributed by atoms with Crippen LogP contribution >= 0.6 is 15.9 Å². The molecule has 0 bridgehead atoms. The second-order valence-corrected chi connectivity index (χ2v) is 4.73. The number of anilines is 1. The first kappa shape index (κ1) is 14.1. The van der Waals surface area contributed by atoms with E-state index in [0.29, 0.717) is 4.47 Å². The Hall–Kier alpha value is -2.28. The van der Waals surface area contributed by atoms with Crippen LogP contribution in [0.4, 0.5) is 10.2 Å². The predicted molar refractivity (Wildman–Crippen MR) is 73.2 cm³/mol. The second-order valence-electron chi connectivity index (χ2n) is 3.81. The van der Waals surface area contributed by atoms with Gasteiger partial charge in [0, 0.05) is 10.7 Å². The molecule has 2 N–H and O–H groups in total. The molecule has 0 aliphatic rings. The van der Waals surface area contributed by atoms with Crippen molar-refractivity contribution < 1.29 is 19.1 Å². The quantitative estimate of drug-likeness (QED) is 0.901. The van der Waals surface area contributed by atoms with Crippen molar-refractivity contribution in [2.75, 3.05) is 5.32 Å². The lowest BCUT2D eigenvalue weighted by atomic mass is 10.2. The van der Waals surface area contributed by atoms with Gasteiger partial charge in [0.15, 0.2) is 0 Å². The third-order valence-corrected chi connectivity index (χ3v) is 2.92. The van der Waals surface area contributed by atoms with Crippen molar-refractivity contribution in [3.05, 3.63) is 57.9 Å². The maximum Gasteiger partial charge on any atom is 0.335 e. The minimum absolute atomic E-state index is 0.0217. The number of amides is 1. The highest BCUT2D eigenvalue weighted by Crippen LogP contribution is 2.16. The van der Waals surface area contributed by atoms with E-state index < -0.39 is 17.7 Å². The van der Waals surface area contributed by atoms with Crippen LogP contribution in [-0.2, 0) is 0 Å². The fraction of sp³-hybridized carbons (Fsp3) is 0. The summed E-state index contributed by atoms with van der Waals surface area (Å²) >= 11 is 3.09. The summed E-state index contributed by atoms with van der Waals surface area (Å²) in [6.07, 6.45) is 1.25. The minimum atomic E-state index is -1.14. The average molecular weight is 339 g/mol. The summed E-state index contributed by atoms with van der Waals surface area (Å²) in [5.41, 5.74) is -0.178. The maximum atomic E-state index is 13.6. The van der Waals surface area contributed by atoms with Crippen molar-refractivity contribution in [1.29, 1.82) is 0 Å². The van der Waals surface area contributed by atoms with Gasteiger partial charge in [-0.25, -0.2) is 14.2 Å². The molecule has 0 radical (unpaired) electrons. The molecule has 1 amide bonds. The summed E-state index contributed by atoms with van der Waals surface area (Å²) in [6, 6.07) is 6.49. The predicted octanol–water partition coefficient (Wildman–Crippen LogP) is 2.93. The molecule has 2 aromatic rings. The van der Waals surface area contributed by atoms with Crippen LogP contribution in [-0.4, -0.2) is 22.0 Å². The van der Waals surface area contributed by atoms with E-state index in [0.717, 1.165) is 6.07 Å². The lowest BCUT2D eigenvalue weighted by molar-refractivity contribution is 0.0696.